The van der Waals surface area contributed by atoms with Gasteiger partial charge in [0.25, 0.3) is 5.91 Å². The molecule has 0 aliphatic heterocycles. The monoisotopic (exact) mass is 344 g/mol. The highest BCUT2D eigenvalue weighted by Crippen LogP contribution is 2.31. The van der Waals surface area contributed by atoms with Gasteiger partial charge in [0.2, 0.25) is 0 Å². The molecule has 4 nitrogen and oxygen atoms in total. The molecule has 1 aliphatic rings. The van der Waals surface area contributed by atoms with E-state index in [4.69, 9.17) is 17.3 Å². The van der Waals surface area contributed by atoms with Crippen molar-refractivity contribution in [3.05, 3.63) is 53.1 Å². The van der Waals surface area contributed by atoms with Crippen molar-refractivity contribution >= 4 is 23.2 Å². The molecule has 4 N–H and O–H groups in total. The number of nitrogens with one attached hydrogen (secondary N) is 1. The van der Waals surface area contributed by atoms with Gasteiger partial charge in [-0.1, -0.05) is 35.9 Å². The van der Waals surface area contributed by atoms with Gasteiger partial charge in [0, 0.05) is 22.3 Å². The fraction of sp³-hybridized carbons (Fsp3) is 0.316. The van der Waals surface area contributed by atoms with E-state index in [2.05, 4.69) is 5.32 Å². The summed E-state index contributed by atoms with van der Waals surface area (Å²) in [4.78, 5) is 11.9. The normalized spacial score (nSPS) is 20.6. The van der Waals surface area contributed by atoms with Crippen LogP contribution in [-0.2, 0) is 0 Å². The molecule has 3 rings (SSSR count). The summed E-state index contributed by atoms with van der Waals surface area (Å²) in [7, 11) is 0. The maximum atomic E-state index is 11.9. The molecule has 5 heteroatoms. The first-order valence-electron chi connectivity index (χ1n) is 8.18. The van der Waals surface area contributed by atoms with Crippen molar-refractivity contribution in [2.75, 3.05) is 5.32 Å². The van der Waals surface area contributed by atoms with Gasteiger partial charge < -0.3 is 16.2 Å². The number of hydrogen-bond donors (Lipinski definition) is 3. The highest BCUT2D eigenvalue weighted by atomic mass is 35.5. The number of nitrogens with two attached hydrogens (primary N) is 1. The van der Waals surface area contributed by atoms with Gasteiger partial charge >= 0.3 is 0 Å². The average Bonchev–Trinajstić information content (AvgIpc) is 2.58. The molecule has 0 bridgehead atoms. The maximum Gasteiger partial charge on any atom is 0.250 e. The van der Waals surface area contributed by atoms with Gasteiger partial charge in [-0.3, -0.25) is 4.79 Å². The molecule has 1 amide bonds. The first kappa shape index (κ1) is 16.8. The molecule has 2 aromatic rings. The number of amides is 1. The molecule has 24 heavy (non-hydrogen) atoms. The number of benzene rings is 2. The fourth-order valence-electron chi connectivity index (χ4n) is 3.18. The molecule has 2 aromatic carbocycles. The zero-order chi connectivity index (χ0) is 17.1. The third-order valence-electron chi connectivity index (χ3n) is 4.53. The van der Waals surface area contributed by atoms with E-state index in [1.807, 2.05) is 36.4 Å². The molecule has 0 saturated heterocycles. The van der Waals surface area contributed by atoms with Crippen LogP contribution in [0.25, 0.3) is 11.1 Å². The quantitative estimate of drug-likeness (QED) is 0.789. The van der Waals surface area contributed by atoms with E-state index < -0.39 is 5.91 Å². The number of primary amides is 1. The van der Waals surface area contributed by atoms with Crippen LogP contribution in [0.5, 0.6) is 0 Å². The van der Waals surface area contributed by atoms with Crippen molar-refractivity contribution < 1.29 is 9.90 Å². The van der Waals surface area contributed by atoms with Crippen LogP contribution in [0.15, 0.2) is 42.5 Å². The van der Waals surface area contributed by atoms with E-state index in [1.54, 1.807) is 6.07 Å². The Balaban J connectivity index is 1.88. The van der Waals surface area contributed by atoms with Crippen LogP contribution in [0.4, 0.5) is 5.69 Å². The number of aliphatic hydroxyl groups is 1. The second kappa shape index (κ2) is 7.24. The van der Waals surface area contributed by atoms with Crippen molar-refractivity contribution in [2.24, 2.45) is 5.73 Å². The summed E-state index contributed by atoms with van der Waals surface area (Å²) < 4.78 is 0. The maximum absolute atomic E-state index is 11.9. The van der Waals surface area contributed by atoms with E-state index in [0.29, 0.717) is 10.6 Å². The number of carbonyl (C=O) groups excluding carboxylic acids is 1. The smallest absolute Gasteiger partial charge is 0.250 e. The van der Waals surface area contributed by atoms with Crippen molar-refractivity contribution in [3.8, 4) is 11.1 Å². The lowest BCUT2D eigenvalue weighted by atomic mass is 9.92. The molecule has 0 heterocycles. The summed E-state index contributed by atoms with van der Waals surface area (Å²) in [5.41, 5.74) is 8.50. The SMILES string of the molecule is NC(=O)c1cc(-c2ccccc2Cl)ccc1NC1CCC(O)CC1. The summed E-state index contributed by atoms with van der Waals surface area (Å²) in [5.74, 6) is -0.470. The van der Waals surface area contributed by atoms with E-state index in [-0.39, 0.29) is 12.1 Å². The Morgan fingerprint density at radius 2 is 1.83 bits per heavy atom. The molecular weight excluding hydrogens is 324 g/mol. The summed E-state index contributed by atoms with van der Waals surface area (Å²) in [6, 6.07) is 13.4. The molecule has 1 aliphatic carbocycles. The van der Waals surface area contributed by atoms with Gasteiger partial charge in [-0.2, -0.15) is 0 Å². The standard InChI is InChI=1S/C19H21ClN2O2/c20-17-4-2-1-3-15(17)12-5-10-18(16(11-12)19(21)24)22-13-6-8-14(23)9-7-13/h1-5,10-11,13-14,22-23H,6-9H2,(H2,21,24). The second-order valence-corrected chi connectivity index (χ2v) is 6.66. The number of rotatable bonds is 4. The van der Waals surface area contributed by atoms with Crippen LogP contribution in [0, 0.1) is 0 Å². The van der Waals surface area contributed by atoms with Crippen molar-refractivity contribution in [1.82, 2.24) is 0 Å². The van der Waals surface area contributed by atoms with Gasteiger partial charge in [-0.25, -0.2) is 0 Å². The predicted molar refractivity (Wildman–Crippen MR) is 97.3 cm³/mol. The number of carbonyl (C=O) groups is 1. The van der Waals surface area contributed by atoms with E-state index >= 15 is 0 Å². The topological polar surface area (TPSA) is 75.4 Å². The minimum atomic E-state index is -0.470. The summed E-state index contributed by atoms with van der Waals surface area (Å²) in [6.07, 6.45) is 3.11. The van der Waals surface area contributed by atoms with Crippen molar-refractivity contribution in [3.63, 3.8) is 0 Å². The predicted octanol–water partition coefficient (Wildman–Crippen LogP) is 3.82. The summed E-state index contributed by atoms with van der Waals surface area (Å²) in [5, 5.41) is 13.6. The number of aliphatic hydroxyl groups excluding tert-OH is 1. The average molecular weight is 345 g/mol. The fourth-order valence-corrected chi connectivity index (χ4v) is 3.42. The van der Waals surface area contributed by atoms with Gasteiger partial charge in [-0.15, -0.1) is 0 Å². The van der Waals surface area contributed by atoms with Gasteiger partial charge in [0.15, 0.2) is 0 Å². The number of halogens is 1. The van der Waals surface area contributed by atoms with Crippen LogP contribution in [0.1, 0.15) is 36.0 Å². The molecule has 0 radical (unpaired) electrons. The molecule has 0 aromatic heterocycles. The van der Waals surface area contributed by atoms with E-state index in [9.17, 15) is 9.90 Å². The van der Waals surface area contributed by atoms with Crippen LogP contribution < -0.4 is 11.1 Å². The number of anilines is 1. The van der Waals surface area contributed by atoms with Gasteiger partial charge in [-0.05, 0) is 49.4 Å². The van der Waals surface area contributed by atoms with Gasteiger partial charge in [0.05, 0.1) is 11.7 Å². The highest BCUT2D eigenvalue weighted by Gasteiger charge is 2.21. The Bertz CT molecular complexity index is 740. The van der Waals surface area contributed by atoms with Crippen LogP contribution in [0.2, 0.25) is 5.02 Å². The Morgan fingerprint density at radius 3 is 2.50 bits per heavy atom. The lowest BCUT2D eigenvalue weighted by Crippen LogP contribution is -2.29. The third kappa shape index (κ3) is 3.71. The van der Waals surface area contributed by atoms with E-state index in [0.717, 1.165) is 42.5 Å². The molecule has 1 fully saturated rings. The Kier molecular flexibility index (Phi) is 5.07. The Morgan fingerprint density at radius 1 is 1.12 bits per heavy atom. The Labute approximate surface area is 146 Å². The lowest BCUT2D eigenvalue weighted by molar-refractivity contribution is 0.100. The first-order chi connectivity index (χ1) is 11.5. The second-order valence-electron chi connectivity index (χ2n) is 6.25. The molecule has 126 valence electrons. The van der Waals surface area contributed by atoms with Crippen molar-refractivity contribution in [2.45, 2.75) is 37.8 Å². The molecule has 1 saturated carbocycles. The zero-order valence-electron chi connectivity index (χ0n) is 13.3. The number of hydrogen-bond acceptors (Lipinski definition) is 3. The minimum absolute atomic E-state index is 0.207. The molecular formula is C19H21ClN2O2. The summed E-state index contributed by atoms with van der Waals surface area (Å²) >= 11 is 6.24. The summed E-state index contributed by atoms with van der Waals surface area (Å²) in [6.45, 7) is 0. The van der Waals surface area contributed by atoms with Crippen molar-refractivity contribution in [1.29, 1.82) is 0 Å². The largest absolute Gasteiger partial charge is 0.393 e. The lowest BCUT2D eigenvalue weighted by Gasteiger charge is -2.27. The van der Waals surface area contributed by atoms with Gasteiger partial charge in [0.1, 0.15) is 0 Å². The molecule has 0 spiro atoms. The molecule has 0 atom stereocenters. The van der Waals surface area contributed by atoms with E-state index in [1.165, 1.54) is 0 Å². The zero-order valence-corrected chi connectivity index (χ0v) is 14.1. The van der Waals surface area contributed by atoms with Crippen LogP contribution in [-0.4, -0.2) is 23.2 Å². The highest BCUT2D eigenvalue weighted by molar-refractivity contribution is 6.33. The van der Waals surface area contributed by atoms with Crippen LogP contribution >= 0.6 is 11.6 Å². The minimum Gasteiger partial charge on any atom is -0.393 e. The third-order valence-corrected chi connectivity index (χ3v) is 4.86. The Hall–Kier alpha value is -2.04. The van der Waals surface area contributed by atoms with Crippen LogP contribution in [0.3, 0.4) is 0 Å². The molecule has 0 unspecified atom stereocenters. The first-order valence-corrected chi connectivity index (χ1v) is 8.55.